The number of benzene rings is 6. The minimum absolute atomic E-state index is 0.608. The van der Waals surface area contributed by atoms with Crippen molar-refractivity contribution in [3.05, 3.63) is 144 Å². The van der Waals surface area contributed by atoms with E-state index in [1.807, 2.05) is 42.5 Å². The van der Waals surface area contributed by atoms with Gasteiger partial charge in [-0.15, -0.1) is 0 Å². The maximum atomic E-state index is 10.1. The van der Waals surface area contributed by atoms with Gasteiger partial charge < -0.3 is 9.13 Å². The molecule has 0 spiro atoms. The summed E-state index contributed by atoms with van der Waals surface area (Å²) in [5, 5.41) is 31.5. The van der Waals surface area contributed by atoms with Crippen LogP contribution in [0.2, 0.25) is 0 Å². The summed E-state index contributed by atoms with van der Waals surface area (Å²) in [7, 11) is 0. The van der Waals surface area contributed by atoms with Gasteiger partial charge in [-0.05, 0) is 90.8 Å². The molecule has 0 unspecified atom stereocenters. The van der Waals surface area contributed by atoms with Crippen LogP contribution in [0.1, 0.15) is 23.6 Å². The van der Waals surface area contributed by atoms with E-state index in [1.54, 1.807) is 6.07 Å². The highest BCUT2D eigenvalue weighted by Crippen LogP contribution is 2.36. The smallest absolute Gasteiger partial charge is 0.0992 e. The average molecular weight is 590 g/mol. The Kier molecular flexibility index (Phi) is 7.03. The van der Waals surface area contributed by atoms with E-state index in [2.05, 4.69) is 113 Å². The van der Waals surface area contributed by atoms with Gasteiger partial charge in [-0.2, -0.15) is 15.8 Å². The molecule has 2 aromatic heterocycles. The first-order valence-corrected chi connectivity index (χ1v) is 14.9. The van der Waals surface area contributed by atoms with Crippen molar-refractivity contribution >= 4 is 43.6 Å². The molecule has 5 nitrogen and oxygen atoms in total. The standard InChI is InChI=1S/C39H24N4.C2H3N/c1-25-13-15-38-34(17-25)32-9-2-5-12-37(32)43(38)31-19-27(24-41)18-29(22-31)28-7-6-8-30(21-28)42-36-11-4-3-10-33(36)35-20-26(23-40)14-16-39(35)42;1-2-3/h2-22H,1H3;1H3. The summed E-state index contributed by atoms with van der Waals surface area (Å²) in [6.07, 6.45) is 0. The molecule has 0 aliphatic heterocycles. The number of aryl methyl sites for hydroxylation is 1. The highest BCUT2D eigenvalue weighted by molar-refractivity contribution is 6.10. The van der Waals surface area contributed by atoms with Gasteiger partial charge >= 0.3 is 0 Å². The van der Waals surface area contributed by atoms with Crippen molar-refractivity contribution in [3.63, 3.8) is 0 Å². The minimum Gasteiger partial charge on any atom is -0.309 e. The predicted molar refractivity (Wildman–Crippen MR) is 186 cm³/mol. The van der Waals surface area contributed by atoms with Crippen LogP contribution >= 0.6 is 0 Å². The van der Waals surface area contributed by atoms with Crippen LogP contribution in [-0.2, 0) is 0 Å². The van der Waals surface area contributed by atoms with Gasteiger partial charge in [0.1, 0.15) is 0 Å². The SMILES string of the molecule is CC#N.Cc1ccc2c(c1)c1ccccc1n2-c1cc(C#N)cc(-c2cccc(-n3c4ccccc4c4cc(C#N)ccc43)c2)c1. The summed E-state index contributed by atoms with van der Waals surface area (Å²) in [5.74, 6) is 0. The maximum absolute atomic E-state index is 10.1. The van der Waals surface area contributed by atoms with Crippen LogP contribution < -0.4 is 0 Å². The lowest BCUT2D eigenvalue weighted by Crippen LogP contribution is -1.97. The monoisotopic (exact) mass is 589 g/mol. The number of nitriles is 3. The van der Waals surface area contributed by atoms with Crippen LogP contribution in [0.3, 0.4) is 0 Å². The Morgan fingerprint density at radius 2 is 1.02 bits per heavy atom. The number of nitrogens with zero attached hydrogens (tertiary/aromatic N) is 5. The first-order valence-electron chi connectivity index (χ1n) is 14.9. The molecule has 5 heteroatoms. The third-order valence-electron chi connectivity index (χ3n) is 8.37. The van der Waals surface area contributed by atoms with E-state index >= 15 is 0 Å². The minimum atomic E-state index is 0.608. The largest absolute Gasteiger partial charge is 0.309 e. The molecular weight excluding hydrogens is 562 g/mol. The zero-order chi connectivity index (χ0) is 31.8. The average Bonchev–Trinajstić information content (AvgIpc) is 3.60. The highest BCUT2D eigenvalue weighted by Gasteiger charge is 2.16. The molecule has 216 valence electrons. The molecule has 8 aromatic rings. The molecule has 0 bridgehead atoms. The zero-order valence-electron chi connectivity index (χ0n) is 25.4. The van der Waals surface area contributed by atoms with Gasteiger partial charge in [-0.3, -0.25) is 0 Å². The second-order valence-electron chi connectivity index (χ2n) is 11.2. The molecule has 0 N–H and O–H groups in total. The number of hydrogen-bond acceptors (Lipinski definition) is 3. The Bertz CT molecular complexity index is 2600. The van der Waals surface area contributed by atoms with E-state index in [1.165, 1.54) is 23.3 Å². The summed E-state index contributed by atoms with van der Waals surface area (Å²) < 4.78 is 4.51. The fourth-order valence-electron chi connectivity index (χ4n) is 6.48. The topological polar surface area (TPSA) is 81.2 Å². The van der Waals surface area contributed by atoms with E-state index in [9.17, 15) is 10.5 Å². The second-order valence-corrected chi connectivity index (χ2v) is 11.2. The molecular formula is C41H27N5. The molecule has 0 amide bonds. The van der Waals surface area contributed by atoms with Gasteiger partial charge in [0.05, 0.1) is 51.4 Å². The summed E-state index contributed by atoms with van der Waals surface area (Å²) in [6, 6.07) is 50.2. The van der Waals surface area contributed by atoms with E-state index in [0.717, 1.165) is 55.3 Å². The fraction of sp³-hybridized carbons (Fsp3) is 0.0488. The normalized spacial score (nSPS) is 10.8. The number of rotatable bonds is 3. The Balaban J connectivity index is 0.00000109. The molecule has 46 heavy (non-hydrogen) atoms. The van der Waals surface area contributed by atoms with Crippen LogP contribution in [0.5, 0.6) is 0 Å². The van der Waals surface area contributed by atoms with Crippen LogP contribution in [0.4, 0.5) is 0 Å². The van der Waals surface area contributed by atoms with E-state index < -0.39 is 0 Å². The molecule has 8 rings (SSSR count). The van der Waals surface area contributed by atoms with Crippen LogP contribution in [0.15, 0.2) is 127 Å². The molecule has 0 fully saturated rings. The zero-order valence-corrected chi connectivity index (χ0v) is 25.4. The maximum Gasteiger partial charge on any atom is 0.0992 e. The van der Waals surface area contributed by atoms with Crippen LogP contribution in [-0.4, -0.2) is 9.13 Å². The highest BCUT2D eigenvalue weighted by atomic mass is 15.0. The quantitative estimate of drug-likeness (QED) is 0.206. The Labute approximate surface area is 266 Å². The van der Waals surface area contributed by atoms with Crippen molar-refractivity contribution in [1.29, 1.82) is 15.8 Å². The first kappa shape index (κ1) is 28.2. The Hall–Kier alpha value is -6.61. The number of fused-ring (bicyclic) bond motifs is 6. The summed E-state index contributed by atoms with van der Waals surface area (Å²) in [5.41, 5.74) is 10.8. The Morgan fingerprint density at radius 1 is 0.457 bits per heavy atom. The van der Waals surface area contributed by atoms with Gasteiger partial charge in [0, 0.05) is 39.8 Å². The Morgan fingerprint density at radius 3 is 1.70 bits per heavy atom. The number of para-hydroxylation sites is 2. The lowest BCUT2D eigenvalue weighted by atomic mass is 10.0. The summed E-state index contributed by atoms with van der Waals surface area (Å²) in [4.78, 5) is 0. The molecule has 0 aliphatic rings. The first-order chi connectivity index (χ1) is 22.5. The van der Waals surface area contributed by atoms with Crippen molar-refractivity contribution in [2.24, 2.45) is 0 Å². The molecule has 0 radical (unpaired) electrons. The van der Waals surface area contributed by atoms with Gasteiger partial charge in [0.2, 0.25) is 0 Å². The fourth-order valence-corrected chi connectivity index (χ4v) is 6.48. The molecule has 0 saturated heterocycles. The van der Waals surface area contributed by atoms with Gasteiger partial charge in [-0.1, -0.05) is 60.2 Å². The van der Waals surface area contributed by atoms with Crippen LogP contribution in [0.25, 0.3) is 66.1 Å². The molecule has 0 atom stereocenters. The second kappa shape index (κ2) is 11.5. The van der Waals surface area contributed by atoms with E-state index in [-0.39, 0.29) is 0 Å². The predicted octanol–water partition coefficient (Wildman–Crippen LogP) is 10.1. The third kappa shape index (κ3) is 4.63. The molecule has 0 saturated carbocycles. The van der Waals surface area contributed by atoms with Crippen molar-refractivity contribution in [2.45, 2.75) is 13.8 Å². The molecule has 0 aliphatic carbocycles. The summed E-state index contributed by atoms with van der Waals surface area (Å²) >= 11 is 0. The third-order valence-corrected chi connectivity index (χ3v) is 8.37. The van der Waals surface area contributed by atoms with E-state index in [4.69, 9.17) is 5.26 Å². The van der Waals surface area contributed by atoms with Gasteiger partial charge in [0.25, 0.3) is 0 Å². The lowest BCUT2D eigenvalue weighted by molar-refractivity contribution is 1.17. The van der Waals surface area contributed by atoms with E-state index in [0.29, 0.717) is 11.1 Å². The molecule has 2 heterocycles. The van der Waals surface area contributed by atoms with Crippen molar-refractivity contribution < 1.29 is 0 Å². The lowest BCUT2D eigenvalue weighted by Gasteiger charge is -2.13. The van der Waals surface area contributed by atoms with Crippen molar-refractivity contribution in [2.75, 3.05) is 0 Å². The van der Waals surface area contributed by atoms with Crippen molar-refractivity contribution in [1.82, 2.24) is 9.13 Å². The van der Waals surface area contributed by atoms with Crippen molar-refractivity contribution in [3.8, 4) is 40.7 Å². The van der Waals surface area contributed by atoms with Gasteiger partial charge in [0.15, 0.2) is 0 Å². The molecule has 6 aromatic carbocycles. The van der Waals surface area contributed by atoms with Crippen LogP contribution in [0, 0.1) is 40.9 Å². The number of aromatic nitrogens is 2. The van der Waals surface area contributed by atoms with Gasteiger partial charge in [-0.25, -0.2) is 0 Å². The summed E-state index contributed by atoms with van der Waals surface area (Å²) in [6.45, 7) is 3.55. The number of hydrogen-bond donors (Lipinski definition) is 0.